The Kier molecular flexibility index (Phi) is 4.46. The lowest BCUT2D eigenvalue weighted by Crippen LogP contribution is -2.52. The van der Waals surface area contributed by atoms with Gasteiger partial charge < -0.3 is 4.90 Å². The van der Waals surface area contributed by atoms with Crippen molar-refractivity contribution in [3.8, 4) is 0 Å². The molecule has 5 nitrogen and oxygen atoms in total. The predicted molar refractivity (Wildman–Crippen MR) is 87.1 cm³/mol. The van der Waals surface area contributed by atoms with Gasteiger partial charge in [-0.1, -0.05) is 25.5 Å². The Morgan fingerprint density at radius 1 is 1.22 bits per heavy atom. The Balaban J connectivity index is 2.06. The molecule has 0 N–H and O–H groups in total. The largest absolute Gasteiger partial charge is 0.327 e. The molecule has 2 aliphatic rings. The number of amides is 3. The van der Waals surface area contributed by atoms with Gasteiger partial charge in [0.05, 0.1) is 11.3 Å². The van der Waals surface area contributed by atoms with Crippen LogP contribution in [0.5, 0.6) is 0 Å². The summed E-state index contributed by atoms with van der Waals surface area (Å²) < 4.78 is 0. The summed E-state index contributed by atoms with van der Waals surface area (Å²) in [5.74, 6) is -0.585. The zero-order valence-corrected chi connectivity index (χ0v) is 13.5. The Hall–Kier alpha value is -2.17. The van der Waals surface area contributed by atoms with Crippen molar-refractivity contribution in [1.29, 1.82) is 0 Å². The van der Waals surface area contributed by atoms with Crippen LogP contribution in [0.3, 0.4) is 0 Å². The van der Waals surface area contributed by atoms with E-state index in [0.29, 0.717) is 30.6 Å². The first-order chi connectivity index (χ1) is 11.1. The smallest absolute Gasteiger partial charge is 0.256 e. The average Bonchev–Trinajstić information content (AvgIpc) is 2.68. The van der Waals surface area contributed by atoms with E-state index in [1.165, 1.54) is 4.90 Å². The molecule has 1 atom stereocenters. The van der Waals surface area contributed by atoms with Gasteiger partial charge in [0.2, 0.25) is 5.91 Å². The molecule has 122 valence electrons. The molecule has 0 aliphatic carbocycles. The van der Waals surface area contributed by atoms with Crippen molar-refractivity contribution >= 4 is 23.4 Å². The van der Waals surface area contributed by atoms with Crippen LogP contribution in [0.4, 0.5) is 5.69 Å². The zero-order valence-electron chi connectivity index (χ0n) is 13.5. The highest BCUT2D eigenvalue weighted by molar-refractivity contribution is 6.22. The highest BCUT2D eigenvalue weighted by Gasteiger charge is 2.42. The minimum Gasteiger partial charge on any atom is -0.327 e. The summed E-state index contributed by atoms with van der Waals surface area (Å²) in [4.78, 5) is 41.4. The molecule has 0 bridgehead atoms. The van der Waals surface area contributed by atoms with Crippen molar-refractivity contribution < 1.29 is 14.4 Å². The van der Waals surface area contributed by atoms with Gasteiger partial charge in [0.1, 0.15) is 6.04 Å². The first-order valence-electron chi connectivity index (χ1n) is 8.42. The third kappa shape index (κ3) is 2.76. The van der Waals surface area contributed by atoms with Crippen molar-refractivity contribution in [3.63, 3.8) is 0 Å². The molecule has 3 amide bonds. The number of fused-ring (bicyclic) bond motifs is 2. The Morgan fingerprint density at radius 2 is 2.00 bits per heavy atom. The molecule has 2 heterocycles. The van der Waals surface area contributed by atoms with Crippen LogP contribution in [0.25, 0.3) is 0 Å². The third-order valence-corrected chi connectivity index (χ3v) is 4.64. The lowest BCUT2D eigenvalue weighted by molar-refractivity contribution is -0.129. The quantitative estimate of drug-likeness (QED) is 0.862. The molecular weight excluding hydrogens is 292 g/mol. The van der Waals surface area contributed by atoms with Crippen molar-refractivity contribution in [1.82, 2.24) is 4.90 Å². The number of carbonyl (C=O) groups is 3. The number of hydrogen-bond acceptors (Lipinski definition) is 3. The summed E-state index contributed by atoms with van der Waals surface area (Å²) in [5, 5.41) is 0. The maximum absolute atomic E-state index is 13.0. The van der Waals surface area contributed by atoms with Crippen LogP contribution in [0, 0.1) is 0 Å². The Bertz CT molecular complexity index is 641. The minimum absolute atomic E-state index is 0.135. The number of rotatable bonds is 3. The van der Waals surface area contributed by atoms with E-state index in [1.807, 2.05) is 6.92 Å². The van der Waals surface area contributed by atoms with E-state index in [2.05, 4.69) is 0 Å². The highest BCUT2D eigenvalue weighted by atomic mass is 16.2. The number of anilines is 1. The molecule has 1 aromatic carbocycles. The van der Waals surface area contributed by atoms with E-state index in [-0.39, 0.29) is 17.7 Å². The fourth-order valence-corrected chi connectivity index (χ4v) is 3.40. The topological polar surface area (TPSA) is 57.7 Å². The van der Waals surface area contributed by atoms with E-state index in [1.54, 1.807) is 29.2 Å². The standard InChI is InChI=1S/C18H22N2O3/c1-2-3-11-16(21)20-14-9-5-4-8-13(14)17(22)19-12-7-6-10-15(19)18(20)23/h4-5,8-9,15H,2-3,6-7,10-12H2,1H3/t15-/m1/s1. The van der Waals surface area contributed by atoms with E-state index >= 15 is 0 Å². The number of carbonyl (C=O) groups excluding carboxylic acids is 3. The molecule has 0 saturated carbocycles. The molecule has 0 radical (unpaired) electrons. The molecule has 1 saturated heterocycles. The number of para-hydroxylation sites is 1. The van der Waals surface area contributed by atoms with Gasteiger partial charge in [-0.25, -0.2) is 4.90 Å². The normalized spacial score (nSPS) is 20.8. The van der Waals surface area contributed by atoms with Gasteiger partial charge >= 0.3 is 0 Å². The molecular formula is C18H22N2O3. The van der Waals surface area contributed by atoms with Crippen molar-refractivity contribution in [2.75, 3.05) is 11.4 Å². The summed E-state index contributed by atoms with van der Waals surface area (Å²) in [6.07, 6.45) is 4.42. The molecule has 0 aromatic heterocycles. The van der Waals surface area contributed by atoms with E-state index < -0.39 is 6.04 Å². The van der Waals surface area contributed by atoms with Crippen LogP contribution in [-0.2, 0) is 9.59 Å². The van der Waals surface area contributed by atoms with Gasteiger partial charge in [0.15, 0.2) is 0 Å². The average molecular weight is 314 g/mol. The molecule has 23 heavy (non-hydrogen) atoms. The second-order valence-electron chi connectivity index (χ2n) is 6.20. The monoisotopic (exact) mass is 314 g/mol. The van der Waals surface area contributed by atoms with E-state index in [0.717, 1.165) is 25.7 Å². The third-order valence-electron chi connectivity index (χ3n) is 4.64. The SMILES string of the molecule is CCCCC(=O)N1C(=O)[C@H]2CCCCN2C(=O)c2ccccc21. The number of benzene rings is 1. The number of nitrogens with zero attached hydrogens (tertiary/aromatic N) is 2. The number of unbranched alkanes of at least 4 members (excludes halogenated alkanes) is 1. The molecule has 2 aliphatic heterocycles. The summed E-state index contributed by atoms with van der Waals surface area (Å²) in [7, 11) is 0. The van der Waals surface area contributed by atoms with Crippen LogP contribution in [0.15, 0.2) is 24.3 Å². The maximum Gasteiger partial charge on any atom is 0.256 e. The number of piperidine rings is 1. The first-order valence-corrected chi connectivity index (χ1v) is 8.42. The van der Waals surface area contributed by atoms with Gasteiger partial charge in [0, 0.05) is 13.0 Å². The van der Waals surface area contributed by atoms with Gasteiger partial charge in [-0.2, -0.15) is 0 Å². The maximum atomic E-state index is 13.0. The van der Waals surface area contributed by atoms with Crippen molar-refractivity contribution in [3.05, 3.63) is 29.8 Å². The van der Waals surface area contributed by atoms with Gasteiger partial charge in [-0.3, -0.25) is 14.4 Å². The van der Waals surface area contributed by atoms with Crippen LogP contribution in [0.1, 0.15) is 55.8 Å². The first kappa shape index (κ1) is 15.7. The summed E-state index contributed by atoms with van der Waals surface area (Å²) >= 11 is 0. The molecule has 0 spiro atoms. The zero-order chi connectivity index (χ0) is 16.4. The summed E-state index contributed by atoms with van der Waals surface area (Å²) in [6, 6.07) is 6.45. The molecule has 5 heteroatoms. The second-order valence-corrected chi connectivity index (χ2v) is 6.20. The fourth-order valence-electron chi connectivity index (χ4n) is 3.40. The molecule has 3 rings (SSSR count). The summed E-state index contributed by atoms with van der Waals surface area (Å²) in [6.45, 7) is 2.60. The minimum atomic E-state index is -0.505. The van der Waals surface area contributed by atoms with Crippen LogP contribution >= 0.6 is 0 Å². The van der Waals surface area contributed by atoms with Gasteiger partial charge in [0.25, 0.3) is 11.8 Å². The Labute approximate surface area is 136 Å². The molecule has 0 unspecified atom stereocenters. The lowest BCUT2D eigenvalue weighted by Gasteiger charge is -2.34. The van der Waals surface area contributed by atoms with Crippen LogP contribution < -0.4 is 4.90 Å². The van der Waals surface area contributed by atoms with Gasteiger partial charge in [-0.05, 0) is 37.8 Å². The second kappa shape index (κ2) is 6.52. The van der Waals surface area contributed by atoms with Crippen LogP contribution in [-0.4, -0.2) is 35.2 Å². The van der Waals surface area contributed by atoms with Gasteiger partial charge in [-0.15, -0.1) is 0 Å². The number of imide groups is 1. The molecule has 1 aromatic rings. The van der Waals surface area contributed by atoms with Crippen LogP contribution in [0.2, 0.25) is 0 Å². The van der Waals surface area contributed by atoms with Crippen molar-refractivity contribution in [2.45, 2.75) is 51.5 Å². The highest BCUT2D eigenvalue weighted by Crippen LogP contribution is 2.32. The Morgan fingerprint density at radius 3 is 2.78 bits per heavy atom. The van der Waals surface area contributed by atoms with E-state index in [9.17, 15) is 14.4 Å². The van der Waals surface area contributed by atoms with Crippen molar-refractivity contribution in [2.24, 2.45) is 0 Å². The molecule has 1 fully saturated rings. The van der Waals surface area contributed by atoms with E-state index in [4.69, 9.17) is 0 Å². The fraction of sp³-hybridized carbons (Fsp3) is 0.500. The summed E-state index contributed by atoms with van der Waals surface area (Å²) in [5.41, 5.74) is 0.896. The number of hydrogen-bond donors (Lipinski definition) is 0. The lowest BCUT2D eigenvalue weighted by atomic mass is 10.0. The predicted octanol–water partition coefficient (Wildman–Crippen LogP) is 2.74.